The summed E-state index contributed by atoms with van der Waals surface area (Å²) in [6.45, 7) is 7.23. The van der Waals surface area contributed by atoms with E-state index >= 15 is 0 Å². The van der Waals surface area contributed by atoms with Gasteiger partial charge in [0, 0.05) is 35.7 Å². The lowest BCUT2D eigenvalue weighted by atomic mass is 10.0. The van der Waals surface area contributed by atoms with Crippen LogP contribution in [0.1, 0.15) is 49.7 Å². The number of benzene rings is 1. The number of nitrogens with two attached hydrogens (primary N) is 1. The Morgan fingerprint density at radius 1 is 1.12 bits per heavy atom. The third-order valence-electron chi connectivity index (χ3n) is 5.45. The number of aromatic amines is 1. The van der Waals surface area contributed by atoms with Crippen molar-refractivity contribution < 1.29 is 19.5 Å². The Balaban J connectivity index is 1.44. The molecule has 220 valence electrons. The summed E-state index contributed by atoms with van der Waals surface area (Å²) in [6, 6.07) is 5.19. The van der Waals surface area contributed by atoms with Gasteiger partial charge in [-0.05, 0) is 36.1 Å². The molecule has 0 aliphatic heterocycles. The molecule has 41 heavy (non-hydrogen) atoms. The van der Waals surface area contributed by atoms with Gasteiger partial charge < -0.3 is 26.8 Å². The molecule has 1 aromatic carbocycles. The number of carbonyl (C=O) groups is 3. The molecule has 0 aliphatic carbocycles. The summed E-state index contributed by atoms with van der Waals surface area (Å²) in [7, 11) is 3.44. The van der Waals surface area contributed by atoms with Crippen LogP contribution in [0.2, 0.25) is 0 Å². The van der Waals surface area contributed by atoms with E-state index in [1.54, 1.807) is 45.9 Å². The van der Waals surface area contributed by atoms with Gasteiger partial charge in [-0.25, -0.2) is 14.8 Å². The second kappa shape index (κ2) is 14.7. The Morgan fingerprint density at radius 2 is 1.85 bits per heavy atom. The van der Waals surface area contributed by atoms with E-state index in [4.69, 9.17) is 5.73 Å². The number of carbonyl (C=O) groups excluding carboxylic acids is 2. The van der Waals surface area contributed by atoms with Crippen LogP contribution in [0.25, 0.3) is 11.2 Å². The Labute approximate surface area is 244 Å². The molecule has 3 aromatic rings. The van der Waals surface area contributed by atoms with Crippen molar-refractivity contribution in [2.75, 3.05) is 29.1 Å². The number of nitrogen functional groups attached to an aromatic ring is 1. The predicted molar refractivity (Wildman–Crippen MR) is 162 cm³/mol. The van der Waals surface area contributed by atoms with Crippen molar-refractivity contribution in [2.24, 2.45) is 5.41 Å². The van der Waals surface area contributed by atoms with Gasteiger partial charge in [-0.3, -0.25) is 19.4 Å². The predicted octanol–water partition coefficient (Wildman–Crippen LogP) is 2.41. The summed E-state index contributed by atoms with van der Waals surface area (Å²) < 4.78 is 0. The van der Waals surface area contributed by atoms with Crippen molar-refractivity contribution >= 4 is 62.2 Å². The highest BCUT2D eigenvalue weighted by Crippen LogP contribution is 2.29. The molecule has 2 heterocycles. The number of hydrogen-bond donors (Lipinski definition) is 6. The molecule has 0 aliphatic rings. The number of aliphatic carboxylic acids is 1. The summed E-state index contributed by atoms with van der Waals surface area (Å²) >= 11 is 0. The molecule has 0 saturated heterocycles. The van der Waals surface area contributed by atoms with Crippen LogP contribution in [-0.2, 0) is 16.1 Å². The molecular formula is C26H34N8O5S2. The molecule has 13 nitrogen and oxygen atoms in total. The monoisotopic (exact) mass is 602 g/mol. The molecule has 7 N–H and O–H groups in total. The van der Waals surface area contributed by atoms with Crippen LogP contribution in [0, 0.1) is 5.41 Å². The molecule has 1 unspecified atom stereocenters. The summed E-state index contributed by atoms with van der Waals surface area (Å²) in [5, 5.41) is 17.9. The van der Waals surface area contributed by atoms with E-state index in [9.17, 15) is 24.3 Å². The van der Waals surface area contributed by atoms with Crippen molar-refractivity contribution in [3.8, 4) is 0 Å². The average molecular weight is 603 g/mol. The zero-order valence-corrected chi connectivity index (χ0v) is 24.7. The molecule has 0 fully saturated rings. The second-order valence-electron chi connectivity index (χ2n) is 10.3. The molecule has 0 bridgehead atoms. The van der Waals surface area contributed by atoms with E-state index < -0.39 is 23.5 Å². The van der Waals surface area contributed by atoms with E-state index in [0.717, 1.165) is 11.5 Å². The van der Waals surface area contributed by atoms with Crippen LogP contribution in [0.3, 0.4) is 0 Å². The largest absolute Gasteiger partial charge is 0.480 e. The number of carboxylic acid groups (broad SMARTS) is 1. The molecule has 0 spiro atoms. The molecule has 0 saturated carbocycles. The summed E-state index contributed by atoms with van der Waals surface area (Å²) in [4.78, 5) is 63.2. The van der Waals surface area contributed by atoms with Crippen LogP contribution in [0.5, 0.6) is 0 Å². The quantitative estimate of drug-likeness (QED) is 0.116. The van der Waals surface area contributed by atoms with Crippen LogP contribution >= 0.6 is 21.6 Å². The smallest absolute Gasteiger partial charge is 0.326 e. The second-order valence-corrected chi connectivity index (χ2v) is 12.9. The van der Waals surface area contributed by atoms with Gasteiger partial charge in [0.1, 0.15) is 6.04 Å². The SMILES string of the molecule is CC(C)(C)CSSCCNC(=O)CCC(NC(=O)c1ccc(NCc2cnc3nc(N)[nH]c(=O)c3n2)cc1)C(=O)O. The van der Waals surface area contributed by atoms with Gasteiger partial charge in [-0.1, -0.05) is 42.4 Å². The Kier molecular flexibility index (Phi) is 11.3. The first-order valence-corrected chi connectivity index (χ1v) is 15.3. The van der Waals surface area contributed by atoms with Crippen LogP contribution < -0.4 is 27.2 Å². The number of anilines is 2. The lowest BCUT2D eigenvalue weighted by Crippen LogP contribution is -2.41. The fourth-order valence-electron chi connectivity index (χ4n) is 3.36. The van der Waals surface area contributed by atoms with Gasteiger partial charge in [-0.2, -0.15) is 4.98 Å². The zero-order chi connectivity index (χ0) is 30.0. The molecule has 3 rings (SSSR count). The van der Waals surface area contributed by atoms with Gasteiger partial charge in [-0.15, -0.1) is 0 Å². The Bertz CT molecular complexity index is 1430. The fraction of sp³-hybridized carbons (Fsp3) is 0.423. The number of carboxylic acids is 1. The number of aromatic nitrogens is 4. The standard InChI is InChI=1S/C26H34N8O5S2/c1-26(2,3)14-41-40-11-10-28-19(35)9-8-18(24(38)39)32-22(36)15-4-6-16(7-5-15)29-12-17-13-30-21-20(31-17)23(37)34-25(27)33-21/h4-7,13,18,29H,8-12,14H2,1-3H3,(H,28,35)(H,32,36)(H,38,39)(H3,27,30,33,34,37). The highest BCUT2D eigenvalue weighted by atomic mass is 33.1. The maximum Gasteiger partial charge on any atom is 0.326 e. The molecule has 1 atom stereocenters. The van der Waals surface area contributed by atoms with Gasteiger partial charge in [0.05, 0.1) is 18.4 Å². The normalized spacial score (nSPS) is 12.1. The number of amides is 2. The van der Waals surface area contributed by atoms with E-state index in [2.05, 4.69) is 56.7 Å². The van der Waals surface area contributed by atoms with Crippen molar-refractivity contribution in [3.63, 3.8) is 0 Å². The fourth-order valence-corrected chi connectivity index (χ4v) is 6.01. The zero-order valence-electron chi connectivity index (χ0n) is 23.0. The number of H-pyrrole nitrogens is 1. The third-order valence-corrected chi connectivity index (χ3v) is 8.33. The number of hydrogen-bond acceptors (Lipinski definition) is 11. The molecular weight excluding hydrogens is 568 g/mol. The third kappa shape index (κ3) is 10.6. The first-order chi connectivity index (χ1) is 19.4. The summed E-state index contributed by atoms with van der Waals surface area (Å²) in [5.74, 6) is -0.334. The van der Waals surface area contributed by atoms with Crippen molar-refractivity contribution in [3.05, 3.63) is 52.1 Å². The van der Waals surface area contributed by atoms with E-state index in [1.807, 2.05) is 0 Å². The van der Waals surface area contributed by atoms with Gasteiger partial charge >= 0.3 is 5.97 Å². The van der Waals surface area contributed by atoms with Crippen molar-refractivity contribution in [1.29, 1.82) is 0 Å². The minimum absolute atomic E-state index is 0.0209. The number of nitrogens with zero attached hydrogens (tertiary/aromatic N) is 3. The maximum absolute atomic E-state index is 12.7. The van der Waals surface area contributed by atoms with Crippen LogP contribution in [-0.4, -0.2) is 66.9 Å². The molecule has 2 aromatic heterocycles. The lowest BCUT2D eigenvalue weighted by molar-refractivity contribution is -0.139. The van der Waals surface area contributed by atoms with Crippen molar-refractivity contribution in [1.82, 2.24) is 30.6 Å². The molecule has 2 amide bonds. The first kappa shape index (κ1) is 31.7. The number of nitrogens with one attached hydrogen (secondary N) is 4. The summed E-state index contributed by atoms with van der Waals surface area (Å²) in [6.07, 6.45) is 1.42. The van der Waals surface area contributed by atoms with Gasteiger partial charge in [0.2, 0.25) is 11.9 Å². The van der Waals surface area contributed by atoms with E-state index in [0.29, 0.717) is 17.9 Å². The highest BCUT2D eigenvalue weighted by molar-refractivity contribution is 8.76. The Hall–Kier alpha value is -3.85. The molecule has 15 heteroatoms. The number of fused-ring (bicyclic) bond motifs is 1. The Morgan fingerprint density at radius 3 is 2.54 bits per heavy atom. The van der Waals surface area contributed by atoms with Gasteiger partial charge in [0.15, 0.2) is 11.2 Å². The van der Waals surface area contributed by atoms with Crippen LogP contribution in [0.4, 0.5) is 11.6 Å². The van der Waals surface area contributed by atoms with Gasteiger partial charge in [0.25, 0.3) is 11.5 Å². The summed E-state index contributed by atoms with van der Waals surface area (Å²) in [5.41, 5.74) is 6.89. The van der Waals surface area contributed by atoms with E-state index in [-0.39, 0.29) is 53.4 Å². The minimum atomic E-state index is -1.22. The van der Waals surface area contributed by atoms with Crippen LogP contribution in [0.15, 0.2) is 35.3 Å². The lowest BCUT2D eigenvalue weighted by Gasteiger charge is -2.16. The highest BCUT2D eigenvalue weighted by Gasteiger charge is 2.22. The maximum atomic E-state index is 12.7. The average Bonchev–Trinajstić information content (AvgIpc) is 2.91. The minimum Gasteiger partial charge on any atom is -0.480 e. The first-order valence-electron chi connectivity index (χ1n) is 12.8. The number of rotatable bonds is 14. The van der Waals surface area contributed by atoms with E-state index in [1.165, 1.54) is 6.20 Å². The molecule has 0 radical (unpaired) electrons. The topological polar surface area (TPSA) is 205 Å². The van der Waals surface area contributed by atoms with Crippen molar-refractivity contribution in [2.45, 2.75) is 46.2 Å².